The van der Waals surface area contributed by atoms with Crippen LogP contribution in [0, 0.1) is 0 Å². The number of hydrogen-bond donors (Lipinski definition) is 1. The third-order valence-electron chi connectivity index (χ3n) is 2.60. The summed E-state index contributed by atoms with van der Waals surface area (Å²) in [4.78, 5) is 12.9. The van der Waals surface area contributed by atoms with Gasteiger partial charge in [0.15, 0.2) is 6.61 Å². The van der Waals surface area contributed by atoms with E-state index in [2.05, 4.69) is 5.32 Å². The minimum atomic E-state index is -0.197. The smallest absolute Gasteiger partial charge is 0.258 e. The predicted molar refractivity (Wildman–Crippen MR) is 82.8 cm³/mol. The maximum Gasteiger partial charge on any atom is 0.258 e. The van der Waals surface area contributed by atoms with Gasteiger partial charge >= 0.3 is 0 Å². The summed E-state index contributed by atoms with van der Waals surface area (Å²) in [6.45, 7) is 1.84. The molecule has 0 aliphatic rings. The minimum Gasteiger partial charge on any atom is -0.482 e. The van der Waals surface area contributed by atoms with E-state index >= 15 is 0 Å². The average molecular weight is 330 g/mol. The summed E-state index contributed by atoms with van der Waals surface area (Å²) in [6, 6.07) is 8.77. The van der Waals surface area contributed by atoms with Crippen LogP contribution in [0.3, 0.4) is 0 Å². The van der Waals surface area contributed by atoms with Gasteiger partial charge in [0.2, 0.25) is 0 Å². The van der Waals surface area contributed by atoms with Gasteiger partial charge in [0.05, 0.1) is 11.1 Å². The predicted octanol–water partition coefficient (Wildman–Crippen LogP) is 4.31. The Bertz CT molecular complexity index is 587. The molecular weight excluding hydrogens is 317 g/mol. The Balaban J connectivity index is 1.86. The van der Waals surface area contributed by atoms with Crippen molar-refractivity contribution in [1.29, 1.82) is 0 Å². The quantitative estimate of drug-likeness (QED) is 0.887. The fourth-order valence-electron chi connectivity index (χ4n) is 1.63. The Labute approximate surface area is 131 Å². The zero-order valence-corrected chi connectivity index (χ0v) is 13.1. The molecule has 2 rings (SSSR count). The van der Waals surface area contributed by atoms with Crippen molar-refractivity contribution in [3.05, 3.63) is 50.6 Å². The molecule has 3 nitrogen and oxygen atoms in total. The molecule has 1 N–H and O–H groups in total. The molecule has 0 saturated heterocycles. The van der Waals surface area contributed by atoms with Crippen LogP contribution in [0.25, 0.3) is 0 Å². The van der Waals surface area contributed by atoms with Crippen LogP contribution in [0.5, 0.6) is 5.75 Å². The lowest BCUT2D eigenvalue weighted by molar-refractivity contribution is -0.123. The molecular formula is C14H13Cl2NO2S. The van der Waals surface area contributed by atoms with E-state index in [0.717, 1.165) is 4.88 Å². The van der Waals surface area contributed by atoms with Crippen LogP contribution >= 0.6 is 34.5 Å². The molecule has 20 heavy (non-hydrogen) atoms. The molecule has 1 atom stereocenters. The van der Waals surface area contributed by atoms with E-state index in [4.69, 9.17) is 27.9 Å². The van der Waals surface area contributed by atoms with Crippen LogP contribution < -0.4 is 10.1 Å². The Morgan fingerprint density at radius 2 is 2.20 bits per heavy atom. The van der Waals surface area contributed by atoms with E-state index in [0.29, 0.717) is 15.8 Å². The number of rotatable bonds is 5. The molecule has 0 bridgehead atoms. The van der Waals surface area contributed by atoms with E-state index in [1.807, 2.05) is 24.4 Å². The van der Waals surface area contributed by atoms with Crippen molar-refractivity contribution in [3.63, 3.8) is 0 Å². The highest BCUT2D eigenvalue weighted by Crippen LogP contribution is 2.27. The van der Waals surface area contributed by atoms with Crippen LogP contribution in [0.4, 0.5) is 0 Å². The SMILES string of the molecule is CC(NC(=O)COc1ccc(Cl)cc1Cl)c1cccs1. The normalized spacial score (nSPS) is 11.9. The van der Waals surface area contributed by atoms with Gasteiger partial charge in [-0.3, -0.25) is 4.79 Å². The molecule has 1 amide bonds. The van der Waals surface area contributed by atoms with E-state index < -0.39 is 0 Å². The number of carbonyl (C=O) groups excluding carboxylic acids is 1. The number of nitrogens with one attached hydrogen (secondary N) is 1. The second-order valence-corrected chi connectivity index (χ2v) is 5.99. The molecule has 0 saturated carbocycles. The highest BCUT2D eigenvalue weighted by Gasteiger charge is 2.11. The van der Waals surface area contributed by atoms with E-state index in [1.54, 1.807) is 29.5 Å². The van der Waals surface area contributed by atoms with Gasteiger partial charge in [0, 0.05) is 9.90 Å². The van der Waals surface area contributed by atoms with Crippen molar-refractivity contribution in [2.75, 3.05) is 6.61 Å². The standard InChI is InChI=1S/C14H13Cl2NO2S/c1-9(13-3-2-6-20-13)17-14(18)8-19-12-5-4-10(15)7-11(12)16/h2-7,9H,8H2,1H3,(H,17,18). The summed E-state index contributed by atoms with van der Waals surface area (Å²) in [5.74, 6) is 0.243. The molecule has 106 valence electrons. The van der Waals surface area contributed by atoms with Crippen LogP contribution in [-0.4, -0.2) is 12.5 Å². The number of benzene rings is 1. The summed E-state index contributed by atoms with van der Waals surface area (Å²) < 4.78 is 5.37. The van der Waals surface area contributed by atoms with Gasteiger partial charge in [-0.05, 0) is 36.6 Å². The first-order chi connectivity index (χ1) is 9.56. The maximum atomic E-state index is 11.8. The van der Waals surface area contributed by atoms with Gasteiger partial charge in [-0.25, -0.2) is 0 Å². The third kappa shape index (κ3) is 4.13. The molecule has 1 aromatic carbocycles. The lowest BCUT2D eigenvalue weighted by Gasteiger charge is -2.13. The van der Waals surface area contributed by atoms with Crippen LogP contribution in [0.15, 0.2) is 35.7 Å². The van der Waals surface area contributed by atoms with Crippen LogP contribution in [-0.2, 0) is 4.79 Å². The summed E-state index contributed by atoms with van der Waals surface area (Å²) in [5.41, 5.74) is 0. The molecule has 1 aromatic heterocycles. The second-order valence-electron chi connectivity index (χ2n) is 4.17. The number of halogens is 2. The first-order valence-corrected chi connectivity index (χ1v) is 7.60. The summed E-state index contributed by atoms with van der Waals surface area (Å²) in [5, 5.41) is 5.75. The fraction of sp³-hybridized carbons (Fsp3) is 0.214. The van der Waals surface area contributed by atoms with Crippen LogP contribution in [0.2, 0.25) is 10.0 Å². The molecule has 1 unspecified atom stereocenters. The molecule has 0 spiro atoms. The largest absolute Gasteiger partial charge is 0.482 e. The van der Waals surface area contributed by atoms with E-state index in [9.17, 15) is 4.79 Å². The monoisotopic (exact) mass is 329 g/mol. The topological polar surface area (TPSA) is 38.3 Å². The number of thiophene rings is 1. The molecule has 2 aromatic rings. The van der Waals surface area contributed by atoms with Gasteiger partial charge in [-0.2, -0.15) is 0 Å². The molecule has 6 heteroatoms. The summed E-state index contributed by atoms with van der Waals surface area (Å²) in [7, 11) is 0. The Hall–Kier alpha value is -1.23. The highest BCUT2D eigenvalue weighted by atomic mass is 35.5. The van der Waals surface area contributed by atoms with Crippen molar-refractivity contribution >= 4 is 40.4 Å². The van der Waals surface area contributed by atoms with Crippen molar-refractivity contribution in [1.82, 2.24) is 5.32 Å². The molecule has 0 radical (unpaired) electrons. The molecule has 1 heterocycles. The van der Waals surface area contributed by atoms with E-state index in [-0.39, 0.29) is 18.6 Å². The lowest BCUT2D eigenvalue weighted by atomic mass is 10.3. The van der Waals surface area contributed by atoms with Gasteiger partial charge in [-0.15, -0.1) is 11.3 Å². The number of hydrogen-bond acceptors (Lipinski definition) is 3. The summed E-state index contributed by atoms with van der Waals surface area (Å²) in [6.07, 6.45) is 0. The summed E-state index contributed by atoms with van der Waals surface area (Å²) >= 11 is 13.3. The minimum absolute atomic E-state index is 0.0354. The zero-order valence-electron chi connectivity index (χ0n) is 10.7. The van der Waals surface area contributed by atoms with E-state index in [1.165, 1.54) is 0 Å². The van der Waals surface area contributed by atoms with Crippen molar-refractivity contribution in [3.8, 4) is 5.75 Å². The first-order valence-electron chi connectivity index (χ1n) is 5.97. The lowest BCUT2D eigenvalue weighted by Crippen LogP contribution is -2.30. The first kappa shape index (κ1) is 15.2. The van der Waals surface area contributed by atoms with Gasteiger partial charge in [-0.1, -0.05) is 29.3 Å². The third-order valence-corrected chi connectivity index (χ3v) is 4.19. The number of carbonyl (C=O) groups is 1. The molecule has 0 aliphatic heterocycles. The maximum absolute atomic E-state index is 11.8. The highest BCUT2D eigenvalue weighted by molar-refractivity contribution is 7.10. The van der Waals surface area contributed by atoms with Crippen molar-refractivity contribution in [2.24, 2.45) is 0 Å². The number of amides is 1. The van der Waals surface area contributed by atoms with Crippen LogP contribution in [0.1, 0.15) is 17.8 Å². The molecule has 0 fully saturated rings. The van der Waals surface area contributed by atoms with Crippen molar-refractivity contribution in [2.45, 2.75) is 13.0 Å². The van der Waals surface area contributed by atoms with Gasteiger partial charge in [0.1, 0.15) is 5.75 Å². The Morgan fingerprint density at radius 3 is 2.85 bits per heavy atom. The second kappa shape index (κ2) is 6.97. The average Bonchev–Trinajstić information content (AvgIpc) is 2.91. The Morgan fingerprint density at radius 1 is 1.40 bits per heavy atom. The zero-order chi connectivity index (χ0) is 14.5. The Kier molecular flexibility index (Phi) is 5.29. The van der Waals surface area contributed by atoms with Gasteiger partial charge < -0.3 is 10.1 Å². The fourth-order valence-corrected chi connectivity index (χ4v) is 2.83. The molecule has 0 aliphatic carbocycles. The van der Waals surface area contributed by atoms with Crippen molar-refractivity contribution < 1.29 is 9.53 Å². The number of ether oxygens (including phenoxy) is 1. The van der Waals surface area contributed by atoms with Gasteiger partial charge in [0.25, 0.3) is 5.91 Å².